The van der Waals surface area contributed by atoms with E-state index >= 15 is 0 Å². The molecule has 0 aliphatic carbocycles. The molecule has 1 aromatic rings. The van der Waals surface area contributed by atoms with Crippen LogP contribution in [0.5, 0.6) is 0 Å². The highest BCUT2D eigenvalue weighted by Crippen LogP contribution is 2.17. The number of hydrogen-bond donors (Lipinski definition) is 2. The fourth-order valence-electron chi connectivity index (χ4n) is 1.91. The van der Waals surface area contributed by atoms with E-state index in [4.69, 9.17) is 15.6 Å². The summed E-state index contributed by atoms with van der Waals surface area (Å²) in [5.41, 5.74) is 6.02. The van der Waals surface area contributed by atoms with Crippen LogP contribution in [0.4, 0.5) is 10.1 Å². The number of nitrogen functional groups attached to an aromatic ring is 1. The van der Waals surface area contributed by atoms with Crippen LogP contribution in [0, 0.1) is 5.82 Å². The summed E-state index contributed by atoms with van der Waals surface area (Å²) in [6, 6.07) is 3.70. The van der Waals surface area contributed by atoms with Crippen LogP contribution in [0.25, 0.3) is 0 Å². The average molecular weight is 254 g/mol. The van der Waals surface area contributed by atoms with Crippen LogP contribution < -0.4 is 5.73 Å². The van der Waals surface area contributed by atoms with Crippen molar-refractivity contribution in [3.8, 4) is 0 Å². The van der Waals surface area contributed by atoms with Crippen LogP contribution in [-0.4, -0.2) is 48.3 Å². The lowest BCUT2D eigenvalue weighted by Crippen LogP contribution is -2.47. The maximum absolute atomic E-state index is 12.9. The number of carbonyl (C=O) groups is 1. The zero-order valence-corrected chi connectivity index (χ0v) is 9.80. The van der Waals surface area contributed by atoms with Crippen molar-refractivity contribution in [1.29, 1.82) is 0 Å². The van der Waals surface area contributed by atoms with Crippen molar-refractivity contribution in [1.82, 2.24) is 4.90 Å². The largest absolute Gasteiger partial charge is 0.398 e. The quantitative estimate of drug-likeness (QED) is 0.741. The van der Waals surface area contributed by atoms with Gasteiger partial charge >= 0.3 is 0 Å². The normalized spacial score (nSPS) is 19.9. The molecule has 0 saturated carbocycles. The first-order valence-electron chi connectivity index (χ1n) is 5.68. The van der Waals surface area contributed by atoms with Gasteiger partial charge in [-0.25, -0.2) is 4.39 Å². The van der Waals surface area contributed by atoms with Crippen molar-refractivity contribution in [2.24, 2.45) is 0 Å². The zero-order chi connectivity index (χ0) is 13.1. The fourth-order valence-corrected chi connectivity index (χ4v) is 1.91. The van der Waals surface area contributed by atoms with Gasteiger partial charge in [0.1, 0.15) is 5.82 Å². The second kappa shape index (κ2) is 5.32. The van der Waals surface area contributed by atoms with Gasteiger partial charge in [-0.1, -0.05) is 0 Å². The topological polar surface area (TPSA) is 75.8 Å². The molecule has 1 saturated heterocycles. The van der Waals surface area contributed by atoms with Gasteiger partial charge in [0.25, 0.3) is 5.91 Å². The Bertz CT molecular complexity index is 453. The first-order valence-corrected chi connectivity index (χ1v) is 5.68. The summed E-state index contributed by atoms with van der Waals surface area (Å²) in [4.78, 5) is 13.7. The Kier molecular flexibility index (Phi) is 3.78. The summed E-state index contributed by atoms with van der Waals surface area (Å²) >= 11 is 0. The van der Waals surface area contributed by atoms with Crippen molar-refractivity contribution in [2.45, 2.75) is 6.10 Å². The number of carbonyl (C=O) groups excluding carboxylic acids is 1. The summed E-state index contributed by atoms with van der Waals surface area (Å²) in [6.07, 6.45) is -0.371. The molecular formula is C12H15FN2O3. The highest BCUT2D eigenvalue weighted by molar-refractivity contribution is 5.99. The fraction of sp³-hybridized carbons (Fsp3) is 0.417. The molecule has 1 aromatic carbocycles. The van der Waals surface area contributed by atoms with Gasteiger partial charge in [-0.15, -0.1) is 0 Å². The molecule has 5 nitrogen and oxygen atoms in total. The number of aliphatic hydroxyl groups excluding tert-OH is 1. The van der Waals surface area contributed by atoms with Gasteiger partial charge in [0, 0.05) is 18.8 Å². The predicted octanol–water partition coefficient (Wildman–Crippen LogP) is 0.241. The van der Waals surface area contributed by atoms with Gasteiger partial charge in [-0.05, 0) is 18.2 Å². The van der Waals surface area contributed by atoms with E-state index in [1.165, 1.54) is 12.1 Å². The summed E-state index contributed by atoms with van der Waals surface area (Å²) < 4.78 is 18.2. The van der Waals surface area contributed by atoms with Gasteiger partial charge in [0.2, 0.25) is 0 Å². The van der Waals surface area contributed by atoms with Crippen molar-refractivity contribution in [2.75, 3.05) is 32.0 Å². The number of halogens is 1. The number of amides is 1. The molecule has 1 fully saturated rings. The number of morpholine rings is 1. The lowest BCUT2D eigenvalue weighted by Gasteiger charge is -2.32. The monoisotopic (exact) mass is 254 g/mol. The molecule has 1 unspecified atom stereocenters. The van der Waals surface area contributed by atoms with E-state index in [2.05, 4.69) is 0 Å². The lowest BCUT2D eigenvalue weighted by atomic mass is 10.1. The molecule has 0 bridgehead atoms. The van der Waals surface area contributed by atoms with Crippen LogP contribution >= 0.6 is 0 Å². The van der Waals surface area contributed by atoms with E-state index in [9.17, 15) is 9.18 Å². The molecule has 3 N–H and O–H groups in total. The van der Waals surface area contributed by atoms with Crippen LogP contribution in [0.3, 0.4) is 0 Å². The summed E-state index contributed by atoms with van der Waals surface area (Å²) in [5.74, 6) is -0.742. The Balaban J connectivity index is 2.15. The Morgan fingerprint density at radius 1 is 1.61 bits per heavy atom. The number of nitrogens with zero attached hydrogens (tertiary/aromatic N) is 1. The minimum atomic E-state index is -0.473. The number of ether oxygens (including phenoxy) is 1. The van der Waals surface area contributed by atoms with Gasteiger partial charge in [-0.2, -0.15) is 0 Å². The molecule has 6 heteroatoms. The highest BCUT2D eigenvalue weighted by Gasteiger charge is 2.25. The van der Waals surface area contributed by atoms with E-state index in [0.29, 0.717) is 19.7 Å². The number of aliphatic hydroxyl groups is 1. The molecule has 98 valence electrons. The predicted molar refractivity (Wildman–Crippen MR) is 63.5 cm³/mol. The van der Waals surface area contributed by atoms with E-state index < -0.39 is 5.82 Å². The standard InChI is InChI=1S/C12H15FN2O3/c13-8-1-2-10(11(14)5-8)12(17)15-3-4-18-9(6-15)7-16/h1-2,5,9,16H,3-4,6-7,14H2. The van der Waals surface area contributed by atoms with Crippen LogP contribution in [0.2, 0.25) is 0 Å². The molecule has 1 aliphatic rings. The molecule has 2 rings (SSSR count). The first-order chi connectivity index (χ1) is 8.61. The van der Waals surface area contributed by atoms with Gasteiger partial charge in [-0.3, -0.25) is 4.79 Å². The lowest BCUT2D eigenvalue weighted by molar-refractivity contribution is -0.0447. The molecule has 1 amide bonds. The maximum atomic E-state index is 12.9. The second-order valence-corrected chi connectivity index (χ2v) is 4.16. The third-order valence-electron chi connectivity index (χ3n) is 2.87. The third kappa shape index (κ3) is 2.60. The van der Waals surface area contributed by atoms with Crippen molar-refractivity contribution < 1.29 is 19.0 Å². The molecular weight excluding hydrogens is 239 g/mol. The zero-order valence-electron chi connectivity index (χ0n) is 9.80. The smallest absolute Gasteiger partial charge is 0.256 e. The SMILES string of the molecule is Nc1cc(F)ccc1C(=O)N1CCOC(CO)C1. The number of rotatable bonds is 2. The molecule has 0 aromatic heterocycles. The summed E-state index contributed by atoms with van der Waals surface area (Å²) in [7, 11) is 0. The molecule has 1 heterocycles. The van der Waals surface area contributed by atoms with E-state index in [0.717, 1.165) is 6.07 Å². The Morgan fingerprint density at radius 2 is 2.39 bits per heavy atom. The Morgan fingerprint density at radius 3 is 3.06 bits per heavy atom. The van der Waals surface area contributed by atoms with Crippen LogP contribution in [-0.2, 0) is 4.74 Å². The molecule has 0 radical (unpaired) electrons. The number of anilines is 1. The summed E-state index contributed by atoms with van der Waals surface area (Å²) in [6.45, 7) is 0.985. The maximum Gasteiger partial charge on any atom is 0.256 e. The van der Waals surface area contributed by atoms with Gasteiger partial charge < -0.3 is 20.5 Å². The van der Waals surface area contributed by atoms with E-state index in [1.807, 2.05) is 0 Å². The second-order valence-electron chi connectivity index (χ2n) is 4.16. The average Bonchev–Trinajstić information content (AvgIpc) is 2.38. The highest BCUT2D eigenvalue weighted by atomic mass is 19.1. The summed E-state index contributed by atoms with van der Waals surface area (Å²) in [5, 5.41) is 9.01. The first kappa shape index (κ1) is 12.8. The Hall–Kier alpha value is -1.66. The van der Waals surface area contributed by atoms with Crippen molar-refractivity contribution in [3.63, 3.8) is 0 Å². The minimum Gasteiger partial charge on any atom is -0.398 e. The van der Waals surface area contributed by atoms with Crippen molar-refractivity contribution >= 4 is 11.6 Å². The number of benzene rings is 1. The van der Waals surface area contributed by atoms with Crippen molar-refractivity contribution in [3.05, 3.63) is 29.6 Å². The minimum absolute atomic E-state index is 0.118. The molecule has 1 aliphatic heterocycles. The molecule has 1 atom stereocenters. The Labute approximate surface area is 104 Å². The van der Waals surface area contributed by atoms with Gasteiger partial charge in [0.15, 0.2) is 0 Å². The van der Waals surface area contributed by atoms with E-state index in [1.54, 1.807) is 4.90 Å². The van der Waals surface area contributed by atoms with Crippen LogP contribution in [0.1, 0.15) is 10.4 Å². The molecule has 0 spiro atoms. The molecule has 18 heavy (non-hydrogen) atoms. The van der Waals surface area contributed by atoms with Gasteiger partial charge in [0.05, 0.1) is 24.9 Å². The third-order valence-corrected chi connectivity index (χ3v) is 2.87. The number of nitrogens with two attached hydrogens (primary N) is 1. The van der Waals surface area contributed by atoms with E-state index in [-0.39, 0.29) is 29.9 Å². The number of hydrogen-bond acceptors (Lipinski definition) is 4. The van der Waals surface area contributed by atoms with Crippen LogP contribution in [0.15, 0.2) is 18.2 Å².